The van der Waals surface area contributed by atoms with E-state index in [4.69, 9.17) is 28.4 Å². The summed E-state index contributed by atoms with van der Waals surface area (Å²) in [5.41, 5.74) is 0. The first-order valence-electron chi connectivity index (χ1n) is 23.1. The summed E-state index contributed by atoms with van der Waals surface area (Å²) in [6, 6.07) is -0.672. The highest BCUT2D eigenvalue weighted by molar-refractivity contribution is 5.89. The van der Waals surface area contributed by atoms with Crippen molar-refractivity contribution in [3.63, 3.8) is 0 Å². The number of amides is 3. The lowest BCUT2D eigenvalue weighted by atomic mass is 9.92. The largest absolute Gasteiger partial charge is 0.394 e. The summed E-state index contributed by atoms with van der Waals surface area (Å²) < 4.78 is 33.4. The van der Waals surface area contributed by atoms with Gasteiger partial charge in [0.2, 0.25) is 17.7 Å². The van der Waals surface area contributed by atoms with Crippen LogP contribution in [0.5, 0.6) is 0 Å². The standard InChI is InChI=1S/C44H79N3O16/c1-28-39(54)41(56)34(25-48)62-43(28)60-21-13-10-17-36(51)45-20-12-9-15-32(46-37(52)18-11-14-22-61-44-29(2)40(55)42(57)35(26-49)63-44)33(50)16-7-5-6-8-19-38(53)47-24-31(59-4)23-30(47)27-58-3/h28-32,34-35,39-44,48-49,54-57H,5-27H2,1-4H3,(H,45,51)(H,46,52)/t28?,29?,30-,31+,32+,34?,35?,39?,40?,41?,42?,43?,44?/m0/s1. The van der Waals surface area contributed by atoms with E-state index in [2.05, 4.69) is 10.6 Å². The molecule has 3 rings (SSSR count). The van der Waals surface area contributed by atoms with Crippen LogP contribution >= 0.6 is 0 Å². The van der Waals surface area contributed by atoms with Crippen LogP contribution in [0.4, 0.5) is 0 Å². The van der Waals surface area contributed by atoms with Gasteiger partial charge in [0.05, 0.1) is 50.2 Å². The smallest absolute Gasteiger partial charge is 0.222 e. The molecule has 366 valence electrons. The molecular weight excluding hydrogens is 826 g/mol. The number of carbonyl (C=O) groups excluding carboxylic acids is 4. The summed E-state index contributed by atoms with van der Waals surface area (Å²) in [6.45, 7) is 4.41. The lowest BCUT2D eigenvalue weighted by molar-refractivity contribution is -0.282. The molecule has 19 nitrogen and oxygen atoms in total. The van der Waals surface area contributed by atoms with E-state index in [1.165, 1.54) is 0 Å². The van der Waals surface area contributed by atoms with Crippen molar-refractivity contribution in [1.82, 2.24) is 15.5 Å². The van der Waals surface area contributed by atoms with Gasteiger partial charge in [-0.2, -0.15) is 0 Å². The Morgan fingerprint density at radius 2 is 1.22 bits per heavy atom. The second-order valence-corrected chi connectivity index (χ2v) is 17.4. The second kappa shape index (κ2) is 30.0. The summed E-state index contributed by atoms with van der Waals surface area (Å²) in [5, 5.41) is 65.2. The SMILES string of the molecule is COC[C@@H]1C[C@@H](OC)CN1C(=O)CCCCCCC(=O)[C@@H](CCCCNC(=O)CCCCOC1OC(CO)C(O)C(O)C1C)NC(=O)CCCCOC1OC(CO)C(O)C(O)C1C. The quantitative estimate of drug-likeness (QED) is 0.0439. The maximum Gasteiger partial charge on any atom is 0.222 e. The minimum absolute atomic E-state index is 0.00737. The first-order chi connectivity index (χ1) is 30.3. The van der Waals surface area contributed by atoms with Crippen LogP contribution in [0.15, 0.2) is 0 Å². The van der Waals surface area contributed by atoms with Crippen LogP contribution in [0.2, 0.25) is 0 Å². The Bertz CT molecular complexity index is 1330. The monoisotopic (exact) mass is 906 g/mol. The molecule has 0 radical (unpaired) electrons. The van der Waals surface area contributed by atoms with Crippen molar-refractivity contribution >= 4 is 23.5 Å². The van der Waals surface area contributed by atoms with Crippen molar-refractivity contribution in [3.8, 4) is 0 Å². The highest BCUT2D eigenvalue weighted by Gasteiger charge is 2.43. The molecule has 13 atom stereocenters. The Morgan fingerprint density at radius 1 is 0.683 bits per heavy atom. The van der Waals surface area contributed by atoms with Crippen LogP contribution < -0.4 is 10.6 Å². The number of nitrogens with one attached hydrogen (secondary N) is 2. The zero-order valence-corrected chi connectivity index (χ0v) is 38.0. The van der Waals surface area contributed by atoms with Crippen LogP contribution in [0.1, 0.15) is 117 Å². The molecule has 10 unspecified atom stereocenters. The van der Waals surface area contributed by atoms with E-state index in [1.807, 2.05) is 4.90 Å². The number of aliphatic hydroxyl groups excluding tert-OH is 6. The van der Waals surface area contributed by atoms with E-state index < -0.39 is 80.3 Å². The molecule has 3 aliphatic rings. The van der Waals surface area contributed by atoms with Gasteiger partial charge in [0, 0.05) is 78.0 Å². The number of ether oxygens (including phenoxy) is 6. The number of unbranched alkanes of at least 4 members (excludes halogenated alkanes) is 6. The molecular formula is C44H79N3O16. The Balaban J connectivity index is 1.37. The number of methoxy groups -OCH3 is 2. The third-order valence-electron chi connectivity index (χ3n) is 12.5. The van der Waals surface area contributed by atoms with Gasteiger partial charge in [0.1, 0.15) is 24.4 Å². The minimum atomic E-state index is -1.22. The first-order valence-corrected chi connectivity index (χ1v) is 23.1. The fourth-order valence-electron chi connectivity index (χ4n) is 8.31. The summed E-state index contributed by atoms with van der Waals surface area (Å²) in [7, 11) is 3.28. The average Bonchev–Trinajstić information content (AvgIpc) is 3.69. The molecule has 0 bridgehead atoms. The molecule has 0 aromatic heterocycles. The lowest BCUT2D eigenvalue weighted by Crippen LogP contribution is -2.55. The molecule has 0 spiro atoms. The molecule has 19 heteroatoms. The summed E-state index contributed by atoms with van der Waals surface area (Å²) in [4.78, 5) is 53.8. The van der Waals surface area contributed by atoms with Gasteiger partial charge in [-0.1, -0.05) is 26.7 Å². The molecule has 0 aromatic rings. The number of hydrogen-bond donors (Lipinski definition) is 8. The van der Waals surface area contributed by atoms with Crippen molar-refractivity contribution in [2.75, 3.05) is 60.3 Å². The van der Waals surface area contributed by atoms with Crippen molar-refractivity contribution in [2.45, 2.75) is 184 Å². The molecule has 3 aliphatic heterocycles. The first kappa shape index (κ1) is 54.9. The molecule has 0 saturated carbocycles. The van der Waals surface area contributed by atoms with Gasteiger partial charge in [-0.3, -0.25) is 19.2 Å². The fourth-order valence-corrected chi connectivity index (χ4v) is 8.31. The Labute approximate surface area is 372 Å². The molecule has 63 heavy (non-hydrogen) atoms. The van der Waals surface area contributed by atoms with E-state index in [-0.39, 0.29) is 68.1 Å². The predicted octanol–water partition coefficient (Wildman–Crippen LogP) is 0.454. The number of Topliss-reactive ketones (excluding diaryl/α,β-unsaturated/α-hetero) is 1. The van der Waals surface area contributed by atoms with Gasteiger partial charge in [-0.05, 0) is 64.2 Å². The van der Waals surface area contributed by atoms with Crippen molar-refractivity contribution in [1.29, 1.82) is 0 Å². The van der Waals surface area contributed by atoms with Gasteiger partial charge in [-0.25, -0.2) is 0 Å². The Kier molecular flexibility index (Phi) is 26.2. The molecule has 0 aliphatic carbocycles. The number of nitrogens with zero attached hydrogens (tertiary/aromatic N) is 1. The molecule has 0 aromatic carbocycles. The number of hydrogen-bond acceptors (Lipinski definition) is 16. The highest BCUT2D eigenvalue weighted by atomic mass is 16.7. The van der Waals surface area contributed by atoms with E-state index >= 15 is 0 Å². The van der Waals surface area contributed by atoms with Crippen LogP contribution in [0.3, 0.4) is 0 Å². The highest BCUT2D eigenvalue weighted by Crippen LogP contribution is 2.28. The third-order valence-corrected chi connectivity index (χ3v) is 12.5. The third kappa shape index (κ3) is 18.4. The molecule has 8 N–H and O–H groups in total. The molecule has 3 saturated heterocycles. The summed E-state index contributed by atoms with van der Waals surface area (Å²) >= 11 is 0. The molecule has 3 fully saturated rings. The second-order valence-electron chi connectivity index (χ2n) is 17.4. The van der Waals surface area contributed by atoms with Crippen LogP contribution in [-0.2, 0) is 47.6 Å². The van der Waals surface area contributed by atoms with Crippen molar-refractivity contribution < 1.29 is 78.2 Å². The van der Waals surface area contributed by atoms with Gasteiger partial charge < -0.3 is 74.6 Å². The minimum Gasteiger partial charge on any atom is -0.394 e. The maximum absolute atomic E-state index is 13.4. The van der Waals surface area contributed by atoms with E-state index in [0.717, 1.165) is 19.3 Å². The summed E-state index contributed by atoms with van der Waals surface area (Å²) in [6.07, 6.45) is 0.419. The normalized spacial score (nSPS) is 30.3. The van der Waals surface area contributed by atoms with Gasteiger partial charge in [0.25, 0.3) is 0 Å². The summed E-state index contributed by atoms with van der Waals surface area (Å²) in [5.74, 6) is -1.37. The number of carbonyl (C=O) groups is 4. The number of rotatable bonds is 31. The lowest BCUT2D eigenvalue weighted by Gasteiger charge is -2.40. The Morgan fingerprint density at radius 3 is 1.76 bits per heavy atom. The molecule has 3 heterocycles. The van der Waals surface area contributed by atoms with Crippen LogP contribution in [-0.4, -0.2) is 187 Å². The maximum atomic E-state index is 13.4. The van der Waals surface area contributed by atoms with Gasteiger partial charge in [-0.15, -0.1) is 0 Å². The Hall–Kier alpha value is -2.40. The van der Waals surface area contributed by atoms with Gasteiger partial charge >= 0.3 is 0 Å². The average molecular weight is 906 g/mol. The van der Waals surface area contributed by atoms with Crippen LogP contribution in [0, 0.1) is 11.8 Å². The zero-order chi connectivity index (χ0) is 46.3. The number of aliphatic hydroxyl groups is 6. The number of ketones is 1. The van der Waals surface area contributed by atoms with E-state index in [1.54, 1.807) is 28.1 Å². The number of likely N-dealkylation sites (tertiary alicyclic amines) is 1. The molecule has 3 amide bonds. The van der Waals surface area contributed by atoms with E-state index in [0.29, 0.717) is 83.9 Å². The van der Waals surface area contributed by atoms with Crippen LogP contribution in [0.25, 0.3) is 0 Å². The fraction of sp³-hybridized carbons (Fsp3) is 0.909. The van der Waals surface area contributed by atoms with Crippen molar-refractivity contribution in [2.24, 2.45) is 11.8 Å². The van der Waals surface area contributed by atoms with E-state index in [9.17, 15) is 49.8 Å². The predicted molar refractivity (Wildman–Crippen MR) is 228 cm³/mol. The van der Waals surface area contributed by atoms with Crippen molar-refractivity contribution in [3.05, 3.63) is 0 Å². The zero-order valence-electron chi connectivity index (χ0n) is 38.0. The topological polar surface area (TPSA) is 272 Å². The van der Waals surface area contributed by atoms with Gasteiger partial charge in [0.15, 0.2) is 18.4 Å².